The second kappa shape index (κ2) is 3.40. The van der Waals surface area contributed by atoms with Crippen LogP contribution in [0.25, 0.3) is 0 Å². The van der Waals surface area contributed by atoms with E-state index in [2.05, 4.69) is 17.2 Å². The molecule has 0 radical (unpaired) electrons. The van der Waals surface area contributed by atoms with Crippen LogP contribution in [0.4, 0.5) is 0 Å². The molecule has 60 valence electrons. The van der Waals surface area contributed by atoms with Crippen LogP contribution in [0.15, 0.2) is 0 Å². The van der Waals surface area contributed by atoms with Gasteiger partial charge in [-0.2, -0.15) is 0 Å². The lowest BCUT2D eigenvalue weighted by atomic mass is 10.1. The van der Waals surface area contributed by atoms with Crippen molar-refractivity contribution in [3.63, 3.8) is 0 Å². The van der Waals surface area contributed by atoms with E-state index in [9.17, 15) is 4.79 Å². The summed E-state index contributed by atoms with van der Waals surface area (Å²) in [5.74, 6) is 5.19. The minimum atomic E-state index is -0.773. The lowest BCUT2D eigenvalue weighted by Crippen LogP contribution is -2.29. The Balaban J connectivity index is 2.45. The van der Waals surface area contributed by atoms with Crippen LogP contribution in [-0.4, -0.2) is 23.7 Å². The molecule has 1 heterocycles. The zero-order valence-electron chi connectivity index (χ0n) is 6.42. The predicted molar refractivity (Wildman–Crippen MR) is 41.0 cm³/mol. The third-order valence-electron chi connectivity index (χ3n) is 1.78. The van der Waals surface area contributed by atoms with E-state index >= 15 is 0 Å². The molecule has 0 spiro atoms. The summed E-state index contributed by atoms with van der Waals surface area (Å²) in [6, 6.07) is -0.388. The van der Waals surface area contributed by atoms with E-state index in [-0.39, 0.29) is 12.0 Å². The van der Waals surface area contributed by atoms with Crippen molar-refractivity contribution in [3.05, 3.63) is 0 Å². The van der Waals surface area contributed by atoms with Crippen LogP contribution in [0, 0.1) is 17.8 Å². The molecule has 1 rings (SSSR count). The fraction of sp³-hybridized carbons (Fsp3) is 0.625. The highest BCUT2D eigenvalue weighted by molar-refractivity contribution is 5.73. The van der Waals surface area contributed by atoms with Crippen LogP contribution in [0.3, 0.4) is 0 Å². The highest BCUT2D eigenvalue weighted by atomic mass is 16.4. The van der Waals surface area contributed by atoms with E-state index < -0.39 is 5.97 Å². The Morgan fingerprint density at radius 2 is 2.45 bits per heavy atom. The van der Waals surface area contributed by atoms with Crippen LogP contribution in [-0.2, 0) is 4.79 Å². The average Bonchev–Trinajstić information content (AvgIpc) is 2.37. The summed E-state index contributed by atoms with van der Waals surface area (Å²) in [7, 11) is 0. The fourth-order valence-corrected chi connectivity index (χ4v) is 1.24. The first kappa shape index (κ1) is 8.09. The monoisotopic (exact) mass is 153 g/mol. The third-order valence-corrected chi connectivity index (χ3v) is 1.78. The van der Waals surface area contributed by atoms with Crippen LogP contribution in [0.5, 0.6) is 0 Å². The van der Waals surface area contributed by atoms with Gasteiger partial charge in [-0.15, -0.1) is 5.92 Å². The molecule has 1 aliphatic rings. The SMILES string of the molecule is CC#C[C@@H]1CN[C@H](C(=O)O)C1. The number of carboxylic acids is 1. The molecule has 0 aromatic carbocycles. The van der Waals surface area contributed by atoms with Crippen molar-refractivity contribution >= 4 is 5.97 Å². The molecule has 0 amide bonds. The summed E-state index contributed by atoms with van der Waals surface area (Å²) >= 11 is 0. The molecule has 3 heteroatoms. The van der Waals surface area contributed by atoms with Gasteiger partial charge in [-0.25, -0.2) is 0 Å². The highest BCUT2D eigenvalue weighted by Gasteiger charge is 2.27. The molecule has 1 fully saturated rings. The van der Waals surface area contributed by atoms with Gasteiger partial charge in [-0.05, 0) is 13.3 Å². The highest BCUT2D eigenvalue weighted by Crippen LogP contribution is 2.12. The summed E-state index contributed by atoms with van der Waals surface area (Å²) in [4.78, 5) is 10.4. The minimum absolute atomic E-state index is 0.223. The molecule has 0 aromatic heterocycles. The topological polar surface area (TPSA) is 49.3 Å². The lowest BCUT2D eigenvalue weighted by molar-refractivity contribution is -0.139. The Morgan fingerprint density at radius 1 is 1.73 bits per heavy atom. The first-order valence-corrected chi connectivity index (χ1v) is 3.62. The Kier molecular flexibility index (Phi) is 2.50. The molecular formula is C8H11NO2. The van der Waals surface area contributed by atoms with Crippen molar-refractivity contribution in [2.24, 2.45) is 5.92 Å². The van der Waals surface area contributed by atoms with E-state index in [4.69, 9.17) is 5.11 Å². The molecule has 3 nitrogen and oxygen atoms in total. The summed E-state index contributed by atoms with van der Waals surface area (Å²) in [5.41, 5.74) is 0. The van der Waals surface area contributed by atoms with Gasteiger partial charge in [0.15, 0.2) is 0 Å². The van der Waals surface area contributed by atoms with Gasteiger partial charge in [0.25, 0.3) is 0 Å². The Morgan fingerprint density at radius 3 is 2.91 bits per heavy atom. The normalized spacial score (nSPS) is 29.2. The number of carboxylic acid groups (broad SMARTS) is 1. The zero-order valence-corrected chi connectivity index (χ0v) is 6.42. The number of hydrogen-bond donors (Lipinski definition) is 2. The van der Waals surface area contributed by atoms with Gasteiger partial charge in [-0.3, -0.25) is 4.79 Å². The fourth-order valence-electron chi connectivity index (χ4n) is 1.24. The molecule has 0 aromatic rings. The van der Waals surface area contributed by atoms with E-state index in [0.29, 0.717) is 13.0 Å². The van der Waals surface area contributed by atoms with Crippen molar-refractivity contribution in [2.75, 3.05) is 6.54 Å². The second-order valence-electron chi connectivity index (χ2n) is 2.63. The van der Waals surface area contributed by atoms with E-state index in [0.717, 1.165) is 0 Å². The van der Waals surface area contributed by atoms with Gasteiger partial charge in [0.1, 0.15) is 6.04 Å². The molecule has 0 bridgehead atoms. The first-order chi connectivity index (χ1) is 5.24. The molecule has 0 unspecified atom stereocenters. The van der Waals surface area contributed by atoms with E-state index in [1.54, 1.807) is 6.92 Å². The smallest absolute Gasteiger partial charge is 0.320 e. The minimum Gasteiger partial charge on any atom is -0.480 e. The van der Waals surface area contributed by atoms with Gasteiger partial charge in [0.2, 0.25) is 0 Å². The van der Waals surface area contributed by atoms with E-state index in [1.165, 1.54) is 0 Å². The second-order valence-corrected chi connectivity index (χ2v) is 2.63. The zero-order chi connectivity index (χ0) is 8.27. The summed E-state index contributed by atoms with van der Waals surface area (Å²) in [6.45, 7) is 2.48. The summed E-state index contributed by atoms with van der Waals surface area (Å²) in [6.07, 6.45) is 0.635. The van der Waals surface area contributed by atoms with Gasteiger partial charge in [-0.1, -0.05) is 5.92 Å². The summed E-state index contributed by atoms with van der Waals surface area (Å²) in [5, 5.41) is 11.5. The van der Waals surface area contributed by atoms with Gasteiger partial charge in [0, 0.05) is 12.5 Å². The Hall–Kier alpha value is -1.01. The van der Waals surface area contributed by atoms with Gasteiger partial charge < -0.3 is 10.4 Å². The maximum Gasteiger partial charge on any atom is 0.320 e. The number of aliphatic carboxylic acids is 1. The standard InChI is InChI=1S/C8H11NO2/c1-2-3-6-4-7(8(10)11)9-5-6/h6-7,9H,4-5H2,1H3,(H,10,11)/t6-,7-/m0/s1. The molecule has 2 atom stereocenters. The molecule has 1 saturated heterocycles. The lowest BCUT2D eigenvalue weighted by Gasteiger charge is -2.00. The van der Waals surface area contributed by atoms with Crippen molar-refractivity contribution in [1.29, 1.82) is 0 Å². The van der Waals surface area contributed by atoms with Crippen LogP contribution < -0.4 is 5.32 Å². The van der Waals surface area contributed by atoms with E-state index in [1.807, 2.05) is 0 Å². The van der Waals surface area contributed by atoms with Crippen molar-refractivity contribution < 1.29 is 9.90 Å². The number of hydrogen-bond acceptors (Lipinski definition) is 2. The van der Waals surface area contributed by atoms with Gasteiger partial charge >= 0.3 is 5.97 Å². The largest absolute Gasteiger partial charge is 0.480 e. The molecule has 0 aliphatic carbocycles. The number of carbonyl (C=O) groups is 1. The van der Waals surface area contributed by atoms with Gasteiger partial charge in [0.05, 0.1) is 0 Å². The predicted octanol–water partition coefficient (Wildman–Crippen LogP) is 0.0724. The maximum absolute atomic E-state index is 10.4. The Labute approximate surface area is 65.8 Å². The molecule has 2 N–H and O–H groups in total. The maximum atomic E-state index is 10.4. The van der Waals surface area contributed by atoms with Crippen molar-refractivity contribution in [1.82, 2.24) is 5.32 Å². The summed E-state index contributed by atoms with van der Waals surface area (Å²) < 4.78 is 0. The molecular weight excluding hydrogens is 142 g/mol. The quantitative estimate of drug-likeness (QED) is 0.524. The van der Waals surface area contributed by atoms with Crippen LogP contribution in [0.1, 0.15) is 13.3 Å². The van der Waals surface area contributed by atoms with Crippen LogP contribution >= 0.6 is 0 Å². The molecule has 11 heavy (non-hydrogen) atoms. The first-order valence-electron chi connectivity index (χ1n) is 3.62. The van der Waals surface area contributed by atoms with Crippen molar-refractivity contribution in [2.45, 2.75) is 19.4 Å². The third kappa shape index (κ3) is 1.95. The van der Waals surface area contributed by atoms with Crippen molar-refractivity contribution in [3.8, 4) is 11.8 Å². The molecule has 1 aliphatic heterocycles. The average molecular weight is 153 g/mol. The number of rotatable bonds is 1. The van der Waals surface area contributed by atoms with Crippen LogP contribution in [0.2, 0.25) is 0 Å². The molecule has 0 saturated carbocycles. The Bertz CT molecular complexity index is 214. The number of nitrogens with one attached hydrogen (secondary N) is 1.